The highest BCUT2D eigenvalue weighted by molar-refractivity contribution is 5.69. The maximum Gasteiger partial charge on any atom is 0.225 e. The first-order valence-corrected chi connectivity index (χ1v) is 8.96. The zero-order valence-corrected chi connectivity index (χ0v) is 15.6. The Kier molecular flexibility index (Phi) is 6.60. The molecule has 0 saturated carbocycles. The molecule has 0 spiro atoms. The summed E-state index contributed by atoms with van der Waals surface area (Å²) >= 11 is 0. The van der Waals surface area contributed by atoms with Gasteiger partial charge in [0, 0.05) is 25.3 Å². The number of para-hydroxylation sites is 2. The molecule has 6 heteroatoms. The highest BCUT2D eigenvalue weighted by Crippen LogP contribution is 2.29. The number of nitrogens with one attached hydrogen (secondary N) is 2. The van der Waals surface area contributed by atoms with Crippen molar-refractivity contribution in [1.29, 1.82) is 0 Å². The van der Waals surface area contributed by atoms with Gasteiger partial charge in [-0.2, -0.15) is 4.98 Å². The number of aromatic nitrogens is 2. The van der Waals surface area contributed by atoms with E-state index in [0.29, 0.717) is 31.5 Å². The molecule has 0 amide bonds. The summed E-state index contributed by atoms with van der Waals surface area (Å²) in [6.45, 7) is 3.77. The Labute approximate surface area is 159 Å². The van der Waals surface area contributed by atoms with Gasteiger partial charge in [-0.3, -0.25) is 0 Å². The van der Waals surface area contributed by atoms with Crippen LogP contribution in [-0.4, -0.2) is 36.8 Å². The van der Waals surface area contributed by atoms with Gasteiger partial charge in [0.05, 0.1) is 24.6 Å². The molecule has 0 aliphatic carbocycles. The van der Waals surface area contributed by atoms with Crippen molar-refractivity contribution in [3.8, 4) is 17.0 Å². The molecule has 2 N–H and O–H groups in total. The molecule has 0 aliphatic heterocycles. The molecule has 1 aromatic heterocycles. The first-order valence-electron chi connectivity index (χ1n) is 8.96. The summed E-state index contributed by atoms with van der Waals surface area (Å²) in [5.74, 6) is 2.02. The van der Waals surface area contributed by atoms with Crippen molar-refractivity contribution in [2.24, 2.45) is 0 Å². The number of nitrogens with zero attached hydrogens (tertiary/aromatic N) is 2. The van der Waals surface area contributed by atoms with Gasteiger partial charge in [0.1, 0.15) is 11.6 Å². The summed E-state index contributed by atoms with van der Waals surface area (Å²) in [7, 11) is 1.67. The number of anilines is 3. The van der Waals surface area contributed by atoms with E-state index in [-0.39, 0.29) is 0 Å². The SMILES string of the molecule is CCOc1ccccc1Nc1cc(-c2ccccc2)nc(NCCOC)n1. The average molecular weight is 364 g/mol. The minimum atomic E-state index is 0.546. The fraction of sp³-hybridized carbons (Fsp3) is 0.238. The molecule has 0 unspecified atom stereocenters. The highest BCUT2D eigenvalue weighted by atomic mass is 16.5. The van der Waals surface area contributed by atoms with Crippen LogP contribution in [0.5, 0.6) is 5.75 Å². The number of rotatable bonds is 9. The Morgan fingerprint density at radius 2 is 1.74 bits per heavy atom. The molecule has 0 saturated heterocycles. The maximum atomic E-state index is 5.70. The first-order chi connectivity index (χ1) is 13.3. The summed E-state index contributed by atoms with van der Waals surface area (Å²) < 4.78 is 10.8. The Morgan fingerprint density at radius 1 is 0.963 bits per heavy atom. The van der Waals surface area contributed by atoms with E-state index in [9.17, 15) is 0 Å². The van der Waals surface area contributed by atoms with Gasteiger partial charge < -0.3 is 20.1 Å². The molecule has 3 aromatic rings. The van der Waals surface area contributed by atoms with E-state index in [0.717, 1.165) is 22.7 Å². The molecule has 0 aliphatic rings. The number of hydrogen-bond donors (Lipinski definition) is 2. The molecular weight excluding hydrogens is 340 g/mol. The monoisotopic (exact) mass is 364 g/mol. The summed E-state index contributed by atoms with van der Waals surface area (Å²) in [6.07, 6.45) is 0. The molecule has 0 bridgehead atoms. The summed E-state index contributed by atoms with van der Waals surface area (Å²) in [4.78, 5) is 9.21. The van der Waals surface area contributed by atoms with Crippen LogP contribution in [0.2, 0.25) is 0 Å². The Morgan fingerprint density at radius 3 is 2.52 bits per heavy atom. The molecule has 140 valence electrons. The standard InChI is InChI=1S/C21H24N4O2/c1-3-27-19-12-8-7-11-17(19)23-20-15-18(16-9-5-4-6-10-16)24-21(25-20)22-13-14-26-2/h4-12,15H,3,13-14H2,1-2H3,(H2,22,23,24,25). The Hall–Kier alpha value is -3.12. The van der Waals surface area contributed by atoms with E-state index in [1.807, 2.05) is 67.6 Å². The van der Waals surface area contributed by atoms with E-state index in [4.69, 9.17) is 9.47 Å². The van der Waals surface area contributed by atoms with Gasteiger partial charge in [-0.05, 0) is 19.1 Å². The Bertz CT molecular complexity index is 856. The van der Waals surface area contributed by atoms with Gasteiger partial charge in [0.2, 0.25) is 5.95 Å². The summed E-state index contributed by atoms with van der Waals surface area (Å²) in [5, 5.41) is 6.55. The minimum Gasteiger partial charge on any atom is -0.492 e. The third-order valence-electron chi connectivity index (χ3n) is 3.83. The maximum absolute atomic E-state index is 5.70. The average Bonchev–Trinajstić information content (AvgIpc) is 2.70. The molecule has 27 heavy (non-hydrogen) atoms. The van der Waals surface area contributed by atoms with Crippen LogP contribution in [0.25, 0.3) is 11.3 Å². The van der Waals surface area contributed by atoms with E-state index < -0.39 is 0 Å². The van der Waals surface area contributed by atoms with Crippen molar-refractivity contribution in [3.63, 3.8) is 0 Å². The third-order valence-corrected chi connectivity index (χ3v) is 3.83. The number of benzene rings is 2. The zero-order valence-electron chi connectivity index (χ0n) is 15.6. The van der Waals surface area contributed by atoms with Crippen molar-refractivity contribution in [1.82, 2.24) is 9.97 Å². The summed E-state index contributed by atoms with van der Waals surface area (Å²) in [5.41, 5.74) is 2.72. The van der Waals surface area contributed by atoms with Crippen molar-refractivity contribution >= 4 is 17.5 Å². The quantitative estimate of drug-likeness (QED) is 0.550. The van der Waals surface area contributed by atoms with E-state index in [1.165, 1.54) is 0 Å². The molecule has 1 heterocycles. The molecule has 0 radical (unpaired) electrons. The molecule has 0 atom stereocenters. The van der Waals surface area contributed by atoms with Gasteiger partial charge in [-0.1, -0.05) is 42.5 Å². The van der Waals surface area contributed by atoms with E-state index in [1.54, 1.807) is 7.11 Å². The van der Waals surface area contributed by atoms with Gasteiger partial charge in [-0.25, -0.2) is 4.98 Å². The van der Waals surface area contributed by atoms with Gasteiger partial charge >= 0.3 is 0 Å². The molecule has 3 rings (SSSR count). The van der Waals surface area contributed by atoms with Crippen LogP contribution >= 0.6 is 0 Å². The second kappa shape index (κ2) is 9.54. The van der Waals surface area contributed by atoms with Crippen LogP contribution < -0.4 is 15.4 Å². The van der Waals surface area contributed by atoms with Gasteiger partial charge in [0.25, 0.3) is 0 Å². The lowest BCUT2D eigenvalue weighted by Crippen LogP contribution is -2.11. The lowest BCUT2D eigenvalue weighted by atomic mass is 10.1. The lowest BCUT2D eigenvalue weighted by Gasteiger charge is -2.14. The fourth-order valence-electron chi connectivity index (χ4n) is 2.60. The van der Waals surface area contributed by atoms with E-state index >= 15 is 0 Å². The van der Waals surface area contributed by atoms with Gasteiger partial charge in [0.15, 0.2) is 0 Å². The number of ether oxygens (including phenoxy) is 2. The molecular formula is C21H24N4O2. The van der Waals surface area contributed by atoms with Crippen LogP contribution in [0.4, 0.5) is 17.5 Å². The number of hydrogen-bond acceptors (Lipinski definition) is 6. The minimum absolute atomic E-state index is 0.546. The van der Waals surface area contributed by atoms with Crippen LogP contribution in [0, 0.1) is 0 Å². The normalized spacial score (nSPS) is 10.4. The second-order valence-corrected chi connectivity index (χ2v) is 5.80. The van der Waals surface area contributed by atoms with Gasteiger partial charge in [-0.15, -0.1) is 0 Å². The van der Waals surface area contributed by atoms with Crippen LogP contribution in [-0.2, 0) is 4.74 Å². The van der Waals surface area contributed by atoms with Crippen molar-refractivity contribution in [2.45, 2.75) is 6.92 Å². The van der Waals surface area contributed by atoms with Crippen molar-refractivity contribution in [2.75, 3.05) is 37.5 Å². The fourth-order valence-corrected chi connectivity index (χ4v) is 2.60. The third kappa shape index (κ3) is 5.18. The molecule has 2 aromatic carbocycles. The molecule has 6 nitrogen and oxygen atoms in total. The number of methoxy groups -OCH3 is 1. The Balaban J connectivity index is 1.92. The smallest absolute Gasteiger partial charge is 0.225 e. The van der Waals surface area contributed by atoms with E-state index in [2.05, 4.69) is 20.6 Å². The zero-order chi connectivity index (χ0) is 18.9. The second-order valence-electron chi connectivity index (χ2n) is 5.80. The predicted molar refractivity (Wildman–Crippen MR) is 109 cm³/mol. The highest BCUT2D eigenvalue weighted by Gasteiger charge is 2.09. The largest absolute Gasteiger partial charge is 0.492 e. The first kappa shape index (κ1) is 18.7. The lowest BCUT2D eigenvalue weighted by molar-refractivity contribution is 0.210. The van der Waals surface area contributed by atoms with Crippen LogP contribution in [0.3, 0.4) is 0 Å². The topological polar surface area (TPSA) is 68.3 Å². The summed E-state index contributed by atoms with van der Waals surface area (Å²) in [6, 6.07) is 19.8. The van der Waals surface area contributed by atoms with Crippen LogP contribution in [0.15, 0.2) is 60.7 Å². The van der Waals surface area contributed by atoms with Crippen molar-refractivity contribution < 1.29 is 9.47 Å². The predicted octanol–water partition coefficient (Wildman–Crippen LogP) is 4.34. The van der Waals surface area contributed by atoms with Crippen LogP contribution in [0.1, 0.15) is 6.92 Å². The molecule has 0 fully saturated rings. The van der Waals surface area contributed by atoms with Crippen molar-refractivity contribution in [3.05, 3.63) is 60.7 Å².